The van der Waals surface area contributed by atoms with Crippen LogP contribution < -0.4 is 5.32 Å². The van der Waals surface area contributed by atoms with E-state index in [1.54, 1.807) is 0 Å². The zero-order valence-corrected chi connectivity index (χ0v) is 11.1. The van der Waals surface area contributed by atoms with Crippen LogP contribution in [0.2, 0.25) is 0 Å². The molecule has 1 fully saturated rings. The van der Waals surface area contributed by atoms with Crippen LogP contribution in [0.4, 0.5) is 0 Å². The van der Waals surface area contributed by atoms with Gasteiger partial charge in [0.2, 0.25) is 0 Å². The van der Waals surface area contributed by atoms with Crippen LogP contribution in [-0.4, -0.2) is 25.8 Å². The van der Waals surface area contributed by atoms with Gasteiger partial charge in [-0.25, -0.2) is 0 Å². The smallest absolute Gasteiger partial charge is 0.0603 e. The van der Waals surface area contributed by atoms with Gasteiger partial charge in [-0.2, -0.15) is 0 Å². The van der Waals surface area contributed by atoms with Gasteiger partial charge in [-0.15, -0.1) is 0 Å². The lowest BCUT2D eigenvalue weighted by atomic mass is 9.85. The third kappa shape index (κ3) is 5.31. The molecule has 96 valence electrons. The second kappa shape index (κ2) is 9.00. The van der Waals surface area contributed by atoms with Crippen LogP contribution in [0.15, 0.2) is 0 Å². The molecule has 0 amide bonds. The monoisotopic (exact) mass is 227 g/mol. The average molecular weight is 227 g/mol. The molecule has 0 aromatic heterocycles. The van der Waals surface area contributed by atoms with Crippen molar-refractivity contribution in [3.05, 3.63) is 0 Å². The van der Waals surface area contributed by atoms with Crippen LogP contribution in [0, 0.1) is 5.92 Å². The van der Waals surface area contributed by atoms with Gasteiger partial charge in [0.25, 0.3) is 0 Å². The Balaban J connectivity index is 2.02. The zero-order chi connectivity index (χ0) is 11.6. The molecule has 0 aliphatic heterocycles. The van der Waals surface area contributed by atoms with E-state index in [9.17, 15) is 0 Å². The van der Waals surface area contributed by atoms with E-state index in [1.165, 1.54) is 38.5 Å². The summed E-state index contributed by atoms with van der Waals surface area (Å²) in [7, 11) is 0. The maximum absolute atomic E-state index is 6.03. The average Bonchev–Trinajstić information content (AvgIpc) is 2.34. The molecule has 2 atom stereocenters. The predicted molar refractivity (Wildman–Crippen MR) is 69.8 cm³/mol. The molecular formula is C14H29NO. The summed E-state index contributed by atoms with van der Waals surface area (Å²) in [6, 6.07) is 0. The third-order valence-electron chi connectivity index (χ3n) is 3.62. The van der Waals surface area contributed by atoms with Crippen molar-refractivity contribution >= 4 is 0 Å². The Kier molecular flexibility index (Phi) is 7.87. The minimum Gasteiger partial charge on any atom is -0.378 e. The summed E-state index contributed by atoms with van der Waals surface area (Å²) in [5, 5.41) is 3.42. The highest BCUT2D eigenvalue weighted by molar-refractivity contribution is 4.74. The molecule has 0 bridgehead atoms. The summed E-state index contributed by atoms with van der Waals surface area (Å²) in [5.41, 5.74) is 0. The molecule has 16 heavy (non-hydrogen) atoms. The second-order valence-corrected chi connectivity index (χ2v) is 4.97. The molecule has 0 saturated heterocycles. The van der Waals surface area contributed by atoms with Crippen LogP contribution in [0.1, 0.15) is 58.8 Å². The van der Waals surface area contributed by atoms with Crippen molar-refractivity contribution in [3.8, 4) is 0 Å². The maximum atomic E-state index is 6.03. The van der Waals surface area contributed by atoms with Gasteiger partial charge in [-0.1, -0.05) is 33.1 Å². The number of ether oxygens (including phenoxy) is 1. The minimum absolute atomic E-state index is 0.560. The fourth-order valence-electron chi connectivity index (χ4n) is 2.59. The van der Waals surface area contributed by atoms with Crippen molar-refractivity contribution in [3.63, 3.8) is 0 Å². The summed E-state index contributed by atoms with van der Waals surface area (Å²) in [6.45, 7) is 7.70. The van der Waals surface area contributed by atoms with Crippen molar-refractivity contribution < 1.29 is 4.74 Å². The van der Waals surface area contributed by atoms with Crippen molar-refractivity contribution in [2.24, 2.45) is 5.92 Å². The number of nitrogens with one attached hydrogen (secondary N) is 1. The lowest BCUT2D eigenvalue weighted by molar-refractivity contribution is -0.0127. The Morgan fingerprint density at radius 1 is 1.12 bits per heavy atom. The Bertz CT molecular complexity index is 161. The molecule has 2 heteroatoms. The Hall–Kier alpha value is -0.0800. The summed E-state index contributed by atoms with van der Waals surface area (Å²) < 4.78 is 6.03. The van der Waals surface area contributed by atoms with Crippen LogP contribution >= 0.6 is 0 Å². The first-order valence-electron chi connectivity index (χ1n) is 7.20. The lowest BCUT2D eigenvalue weighted by Crippen LogP contribution is -2.28. The number of rotatable bonds is 8. The van der Waals surface area contributed by atoms with E-state index >= 15 is 0 Å². The van der Waals surface area contributed by atoms with Gasteiger partial charge < -0.3 is 10.1 Å². The van der Waals surface area contributed by atoms with Crippen LogP contribution in [0.25, 0.3) is 0 Å². The van der Waals surface area contributed by atoms with E-state index in [4.69, 9.17) is 4.74 Å². The first kappa shape index (κ1) is 14.0. The molecule has 1 N–H and O–H groups in total. The van der Waals surface area contributed by atoms with Crippen molar-refractivity contribution in [2.75, 3.05) is 19.7 Å². The molecule has 1 aliphatic carbocycles. The standard InChI is InChI=1S/C14H29NO/c1-3-10-15-11-7-12-16-14-9-6-5-8-13(14)4-2/h13-15H,3-12H2,1-2H3. The van der Waals surface area contributed by atoms with E-state index in [1.807, 2.05) is 0 Å². The topological polar surface area (TPSA) is 21.3 Å². The van der Waals surface area contributed by atoms with E-state index in [0.29, 0.717) is 6.10 Å². The van der Waals surface area contributed by atoms with E-state index in [-0.39, 0.29) is 0 Å². The molecule has 0 aromatic rings. The van der Waals surface area contributed by atoms with Crippen LogP contribution in [0.3, 0.4) is 0 Å². The molecule has 0 radical (unpaired) electrons. The van der Waals surface area contributed by atoms with Gasteiger partial charge in [0, 0.05) is 6.61 Å². The molecule has 0 aromatic carbocycles. The van der Waals surface area contributed by atoms with Crippen LogP contribution in [0.5, 0.6) is 0 Å². The first-order chi connectivity index (χ1) is 7.88. The molecule has 1 rings (SSSR count). The van der Waals surface area contributed by atoms with E-state index in [2.05, 4.69) is 19.2 Å². The number of hydrogen-bond donors (Lipinski definition) is 1. The van der Waals surface area contributed by atoms with E-state index < -0.39 is 0 Å². The summed E-state index contributed by atoms with van der Waals surface area (Å²) in [6.07, 6.45) is 9.69. The summed E-state index contributed by atoms with van der Waals surface area (Å²) >= 11 is 0. The van der Waals surface area contributed by atoms with Crippen molar-refractivity contribution in [1.82, 2.24) is 5.32 Å². The zero-order valence-electron chi connectivity index (χ0n) is 11.1. The maximum Gasteiger partial charge on any atom is 0.0603 e. The molecule has 2 unspecified atom stereocenters. The first-order valence-corrected chi connectivity index (χ1v) is 7.20. The second-order valence-electron chi connectivity index (χ2n) is 4.97. The van der Waals surface area contributed by atoms with Gasteiger partial charge in [-0.05, 0) is 44.7 Å². The highest BCUT2D eigenvalue weighted by Crippen LogP contribution is 2.29. The molecule has 0 spiro atoms. The molecule has 0 heterocycles. The normalized spacial score (nSPS) is 25.9. The number of hydrogen-bond acceptors (Lipinski definition) is 2. The van der Waals surface area contributed by atoms with Crippen molar-refractivity contribution in [1.29, 1.82) is 0 Å². The van der Waals surface area contributed by atoms with Gasteiger partial charge in [0.15, 0.2) is 0 Å². The van der Waals surface area contributed by atoms with Gasteiger partial charge in [-0.3, -0.25) is 0 Å². The SMILES string of the molecule is CCCNCCCOC1CCCCC1CC. The van der Waals surface area contributed by atoms with Gasteiger partial charge >= 0.3 is 0 Å². The minimum atomic E-state index is 0.560. The fourth-order valence-corrected chi connectivity index (χ4v) is 2.59. The Morgan fingerprint density at radius 2 is 1.94 bits per heavy atom. The van der Waals surface area contributed by atoms with Crippen molar-refractivity contribution in [2.45, 2.75) is 64.9 Å². The quantitative estimate of drug-likeness (QED) is 0.642. The largest absolute Gasteiger partial charge is 0.378 e. The predicted octanol–water partition coefficient (Wildman–Crippen LogP) is 3.36. The molecule has 2 nitrogen and oxygen atoms in total. The van der Waals surface area contributed by atoms with Gasteiger partial charge in [0.05, 0.1) is 6.10 Å². The molecule has 1 aliphatic rings. The highest BCUT2D eigenvalue weighted by Gasteiger charge is 2.23. The highest BCUT2D eigenvalue weighted by atomic mass is 16.5. The Morgan fingerprint density at radius 3 is 2.69 bits per heavy atom. The lowest BCUT2D eigenvalue weighted by Gasteiger charge is -2.30. The molecular weight excluding hydrogens is 198 g/mol. The Labute approximate surface area is 101 Å². The van der Waals surface area contributed by atoms with E-state index in [0.717, 1.165) is 32.0 Å². The fraction of sp³-hybridized carbons (Fsp3) is 1.00. The van der Waals surface area contributed by atoms with Gasteiger partial charge in [0.1, 0.15) is 0 Å². The van der Waals surface area contributed by atoms with Crippen LogP contribution in [-0.2, 0) is 4.74 Å². The third-order valence-corrected chi connectivity index (χ3v) is 3.62. The summed E-state index contributed by atoms with van der Waals surface area (Å²) in [5.74, 6) is 0.831. The summed E-state index contributed by atoms with van der Waals surface area (Å²) in [4.78, 5) is 0. The molecule has 1 saturated carbocycles.